The van der Waals surface area contributed by atoms with Gasteiger partial charge in [0, 0.05) is 39.7 Å². The average Bonchev–Trinajstić information content (AvgIpc) is 3.21. The molecule has 8 heteroatoms. The molecule has 1 aromatic carbocycles. The first-order valence-corrected chi connectivity index (χ1v) is 10.1. The predicted molar refractivity (Wildman–Crippen MR) is 127 cm³/mol. The highest BCUT2D eigenvalue weighted by Crippen LogP contribution is 2.14. The van der Waals surface area contributed by atoms with Gasteiger partial charge in [-0.05, 0) is 37.0 Å². The number of aliphatic imine (C=N–C) groups is 1. The summed E-state index contributed by atoms with van der Waals surface area (Å²) in [6.45, 7) is 6.07. The van der Waals surface area contributed by atoms with Crippen molar-refractivity contribution in [2.24, 2.45) is 10.9 Å². The Morgan fingerprint density at radius 2 is 2.17 bits per heavy atom. The van der Waals surface area contributed by atoms with Crippen LogP contribution < -0.4 is 15.4 Å². The van der Waals surface area contributed by atoms with Crippen molar-refractivity contribution in [1.82, 2.24) is 15.5 Å². The van der Waals surface area contributed by atoms with Crippen molar-refractivity contribution in [2.45, 2.75) is 26.2 Å². The molecular weight excluding hydrogens is 483 g/mol. The molecule has 2 rings (SSSR count). The topological polar surface area (TPSA) is 75.2 Å². The van der Waals surface area contributed by atoms with E-state index in [0.29, 0.717) is 11.9 Å². The molecule has 0 bridgehead atoms. The molecule has 1 atom stereocenters. The second kappa shape index (κ2) is 14.4. The fourth-order valence-corrected chi connectivity index (χ4v) is 2.78. The Morgan fingerprint density at radius 1 is 1.34 bits per heavy atom. The molecule has 1 heterocycles. The third-order valence-electron chi connectivity index (χ3n) is 4.53. The van der Waals surface area contributed by atoms with Crippen LogP contribution in [0.5, 0.6) is 5.75 Å². The number of benzene rings is 1. The quantitative estimate of drug-likeness (QED) is 0.283. The van der Waals surface area contributed by atoms with Crippen LogP contribution in [-0.4, -0.2) is 70.3 Å². The van der Waals surface area contributed by atoms with Crippen LogP contribution in [0.1, 0.15) is 25.3 Å². The normalized spacial score (nSPS) is 16.1. The second-order valence-electron chi connectivity index (χ2n) is 7.24. The van der Waals surface area contributed by atoms with Crippen LogP contribution in [-0.2, 0) is 16.0 Å². The van der Waals surface area contributed by atoms with Crippen molar-refractivity contribution < 1.29 is 14.3 Å². The van der Waals surface area contributed by atoms with Crippen molar-refractivity contribution in [2.75, 3.05) is 53.6 Å². The number of likely N-dealkylation sites (N-methyl/N-ethyl adjacent to an activating group) is 1. The largest absolute Gasteiger partial charge is 0.494 e. The first kappa shape index (κ1) is 25.5. The molecule has 1 unspecified atom stereocenters. The number of amides is 1. The van der Waals surface area contributed by atoms with Crippen LogP contribution in [0.4, 0.5) is 0 Å². The van der Waals surface area contributed by atoms with Gasteiger partial charge in [0.1, 0.15) is 12.3 Å². The lowest BCUT2D eigenvalue weighted by Gasteiger charge is -2.16. The summed E-state index contributed by atoms with van der Waals surface area (Å²) in [5, 5.41) is 6.68. The molecule has 1 amide bonds. The predicted octanol–water partition coefficient (Wildman–Crippen LogP) is 2.30. The zero-order chi connectivity index (χ0) is 20.2. The molecule has 0 aliphatic carbocycles. The van der Waals surface area contributed by atoms with Gasteiger partial charge >= 0.3 is 0 Å². The summed E-state index contributed by atoms with van der Waals surface area (Å²) in [4.78, 5) is 17.8. The van der Waals surface area contributed by atoms with Crippen LogP contribution in [0, 0.1) is 5.92 Å². The highest BCUT2D eigenvalue weighted by molar-refractivity contribution is 14.0. The second-order valence-corrected chi connectivity index (χ2v) is 7.24. The Hall–Kier alpha value is -1.55. The monoisotopic (exact) mass is 518 g/mol. The molecule has 0 spiro atoms. The summed E-state index contributed by atoms with van der Waals surface area (Å²) in [6.07, 6.45) is 2.90. The molecular formula is C21H35IN4O3. The highest BCUT2D eigenvalue weighted by atomic mass is 127. The number of guanidine groups is 1. The lowest BCUT2D eigenvalue weighted by atomic mass is 10.1. The fourth-order valence-electron chi connectivity index (χ4n) is 2.78. The van der Waals surface area contributed by atoms with E-state index >= 15 is 0 Å². The number of ether oxygens (including phenoxy) is 2. The molecule has 0 radical (unpaired) electrons. The summed E-state index contributed by atoms with van der Waals surface area (Å²) in [7, 11) is 3.48. The summed E-state index contributed by atoms with van der Waals surface area (Å²) < 4.78 is 11.1. The number of nitrogens with one attached hydrogen (secondary N) is 2. The van der Waals surface area contributed by atoms with E-state index < -0.39 is 0 Å². The number of halogens is 1. The summed E-state index contributed by atoms with van der Waals surface area (Å²) in [5.41, 5.74) is 1.20. The minimum Gasteiger partial charge on any atom is -0.494 e. The van der Waals surface area contributed by atoms with Crippen molar-refractivity contribution in [3.05, 3.63) is 29.8 Å². The molecule has 2 N–H and O–H groups in total. The van der Waals surface area contributed by atoms with Crippen molar-refractivity contribution in [3.63, 3.8) is 0 Å². The number of hydrogen-bond donors (Lipinski definition) is 2. The molecule has 1 aliphatic rings. The standard InChI is InChI=1S/C21H34N4O3.HI/c1-4-11-28-19-7-5-6-17(13-19)8-10-22-21(24-15-20(26)25(2)3)23-14-18-9-12-27-16-18;/h5-7,13,18H,4,8-12,14-16H2,1-3H3,(H2,22,23,24);1H. The molecule has 0 saturated carbocycles. The first-order valence-electron chi connectivity index (χ1n) is 10.1. The van der Waals surface area contributed by atoms with Crippen molar-refractivity contribution >= 4 is 35.8 Å². The van der Waals surface area contributed by atoms with E-state index in [0.717, 1.165) is 57.9 Å². The van der Waals surface area contributed by atoms with Gasteiger partial charge in [-0.3, -0.25) is 4.79 Å². The SMILES string of the molecule is CCCOc1cccc(CCNC(=NCC(=O)N(C)C)NCC2CCOC2)c1.I. The van der Waals surface area contributed by atoms with E-state index in [1.54, 1.807) is 19.0 Å². The third kappa shape index (κ3) is 10.2. The van der Waals surface area contributed by atoms with Crippen molar-refractivity contribution in [3.8, 4) is 5.75 Å². The number of carbonyl (C=O) groups excluding carboxylic acids is 1. The lowest BCUT2D eigenvalue weighted by Crippen LogP contribution is -2.41. The summed E-state index contributed by atoms with van der Waals surface area (Å²) in [6, 6.07) is 8.17. The van der Waals surface area contributed by atoms with Gasteiger partial charge in [0.25, 0.3) is 0 Å². The Bertz CT molecular complexity index is 634. The Labute approximate surface area is 191 Å². The maximum absolute atomic E-state index is 11.9. The average molecular weight is 518 g/mol. The van der Waals surface area contributed by atoms with E-state index in [9.17, 15) is 4.79 Å². The molecule has 1 aromatic rings. The van der Waals surface area contributed by atoms with E-state index in [4.69, 9.17) is 9.47 Å². The van der Waals surface area contributed by atoms with Crippen molar-refractivity contribution in [1.29, 1.82) is 0 Å². The van der Waals surface area contributed by atoms with Gasteiger partial charge in [-0.2, -0.15) is 0 Å². The molecule has 7 nitrogen and oxygen atoms in total. The molecule has 164 valence electrons. The number of hydrogen-bond acceptors (Lipinski definition) is 4. The van der Waals surface area contributed by atoms with Crippen LogP contribution in [0.2, 0.25) is 0 Å². The van der Waals surface area contributed by atoms with E-state index in [-0.39, 0.29) is 36.4 Å². The van der Waals surface area contributed by atoms with Gasteiger partial charge in [-0.15, -0.1) is 24.0 Å². The van der Waals surface area contributed by atoms with Crippen LogP contribution in [0.15, 0.2) is 29.3 Å². The molecule has 1 saturated heterocycles. The maximum atomic E-state index is 11.9. The first-order chi connectivity index (χ1) is 13.6. The summed E-state index contributed by atoms with van der Waals surface area (Å²) in [5.74, 6) is 2.04. The molecule has 1 fully saturated rings. The summed E-state index contributed by atoms with van der Waals surface area (Å²) >= 11 is 0. The van der Waals surface area contributed by atoms with Gasteiger partial charge in [0.15, 0.2) is 5.96 Å². The fraction of sp³-hybridized carbons (Fsp3) is 0.619. The zero-order valence-electron chi connectivity index (χ0n) is 17.8. The zero-order valence-corrected chi connectivity index (χ0v) is 20.1. The number of carbonyl (C=O) groups is 1. The van der Waals surface area contributed by atoms with Gasteiger partial charge in [0.05, 0.1) is 13.2 Å². The van der Waals surface area contributed by atoms with Crippen LogP contribution in [0.3, 0.4) is 0 Å². The molecule has 29 heavy (non-hydrogen) atoms. The highest BCUT2D eigenvalue weighted by Gasteiger charge is 2.16. The van der Waals surface area contributed by atoms with E-state index in [2.05, 4.69) is 34.7 Å². The van der Waals surface area contributed by atoms with Gasteiger partial charge in [0.2, 0.25) is 5.91 Å². The smallest absolute Gasteiger partial charge is 0.243 e. The Balaban J connectivity index is 0.00000420. The van der Waals surface area contributed by atoms with Crippen LogP contribution in [0.25, 0.3) is 0 Å². The lowest BCUT2D eigenvalue weighted by molar-refractivity contribution is -0.127. The van der Waals surface area contributed by atoms with Crippen LogP contribution >= 0.6 is 24.0 Å². The van der Waals surface area contributed by atoms with E-state index in [1.165, 1.54) is 5.56 Å². The number of nitrogens with zero attached hydrogens (tertiary/aromatic N) is 2. The Morgan fingerprint density at radius 3 is 2.86 bits per heavy atom. The van der Waals surface area contributed by atoms with Gasteiger partial charge in [-0.25, -0.2) is 4.99 Å². The van der Waals surface area contributed by atoms with Gasteiger partial charge in [-0.1, -0.05) is 19.1 Å². The third-order valence-corrected chi connectivity index (χ3v) is 4.53. The Kier molecular flexibility index (Phi) is 12.7. The number of rotatable bonds is 10. The van der Waals surface area contributed by atoms with E-state index in [1.807, 2.05) is 12.1 Å². The molecule has 0 aromatic heterocycles. The van der Waals surface area contributed by atoms with Gasteiger partial charge < -0.3 is 25.0 Å². The molecule has 1 aliphatic heterocycles. The maximum Gasteiger partial charge on any atom is 0.243 e. The minimum atomic E-state index is -0.0222. The minimum absolute atomic E-state index is 0.